The van der Waals surface area contributed by atoms with E-state index in [0.717, 1.165) is 22.7 Å². The fourth-order valence-corrected chi connectivity index (χ4v) is 4.13. The molecule has 1 heterocycles. The number of aromatic nitrogens is 2. The van der Waals surface area contributed by atoms with Gasteiger partial charge in [0.1, 0.15) is 11.5 Å². The van der Waals surface area contributed by atoms with Crippen molar-refractivity contribution >= 4 is 22.7 Å². The molecule has 0 aliphatic carbocycles. The van der Waals surface area contributed by atoms with Gasteiger partial charge < -0.3 is 9.47 Å². The van der Waals surface area contributed by atoms with Crippen LogP contribution in [0.25, 0.3) is 16.6 Å². The van der Waals surface area contributed by atoms with Crippen molar-refractivity contribution < 1.29 is 9.47 Å². The highest BCUT2D eigenvalue weighted by Gasteiger charge is 2.13. The van der Waals surface area contributed by atoms with Crippen LogP contribution in [0.1, 0.15) is 12.5 Å². The predicted octanol–water partition coefficient (Wildman–Crippen LogP) is 5.09. The molecule has 5 nitrogen and oxygen atoms in total. The monoisotopic (exact) mass is 418 g/mol. The number of nitrogens with zero attached hydrogens (tertiary/aromatic N) is 2. The molecule has 0 aliphatic rings. The fraction of sp³-hybridized carbons (Fsp3) is 0.167. The number of rotatable bonds is 7. The van der Waals surface area contributed by atoms with Gasteiger partial charge in [0.25, 0.3) is 5.56 Å². The summed E-state index contributed by atoms with van der Waals surface area (Å²) in [5.74, 6) is 2.28. The minimum atomic E-state index is -0.0815. The third kappa shape index (κ3) is 4.19. The van der Waals surface area contributed by atoms with Crippen molar-refractivity contribution in [3.05, 3.63) is 88.7 Å². The molecule has 0 saturated heterocycles. The molecule has 1 aromatic heterocycles. The highest BCUT2D eigenvalue weighted by atomic mass is 32.2. The maximum atomic E-state index is 13.3. The molecule has 6 heteroatoms. The third-order valence-corrected chi connectivity index (χ3v) is 5.69. The Hall–Kier alpha value is -3.25. The van der Waals surface area contributed by atoms with Gasteiger partial charge in [0.15, 0.2) is 5.16 Å². The van der Waals surface area contributed by atoms with Gasteiger partial charge in [-0.3, -0.25) is 9.36 Å². The van der Waals surface area contributed by atoms with E-state index in [1.807, 2.05) is 79.7 Å². The fourth-order valence-electron chi connectivity index (χ4n) is 3.16. The van der Waals surface area contributed by atoms with Gasteiger partial charge in [-0.25, -0.2) is 4.98 Å². The Morgan fingerprint density at radius 1 is 0.933 bits per heavy atom. The molecular weight excluding hydrogens is 396 g/mol. The van der Waals surface area contributed by atoms with Gasteiger partial charge in [0, 0.05) is 5.75 Å². The Morgan fingerprint density at radius 3 is 2.33 bits per heavy atom. The Labute approximate surface area is 179 Å². The van der Waals surface area contributed by atoms with Crippen LogP contribution in [0.15, 0.2) is 82.7 Å². The van der Waals surface area contributed by atoms with Crippen LogP contribution in [-0.4, -0.2) is 23.3 Å². The summed E-state index contributed by atoms with van der Waals surface area (Å²) in [5.41, 5.74) is 2.50. The number of benzene rings is 3. The molecule has 0 radical (unpaired) electrons. The van der Waals surface area contributed by atoms with Crippen LogP contribution in [0.5, 0.6) is 11.5 Å². The molecule has 3 aromatic carbocycles. The van der Waals surface area contributed by atoms with Crippen molar-refractivity contribution in [2.45, 2.75) is 17.8 Å². The molecule has 152 valence electrons. The average molecular weight is 419 g/mol. The van der Waals surface area contributed by atoms with Gasteiger partial charge in [0.2, 0.25) is 0 Å². The van der Waals surface area contributed by atoms with Gasteiger partial charge in [0.05, 0.1) is 30.3 Å². The molecule has 0 aliphatic heterocycles. The highest BCUT2D eigenvalue weighted by Crippen LogP contribution is 2.26. The molecule has 0 unspecified atom stereocenters. The number of para-hydroxylation sites is 1. The number of fused-ring (bicyclic) bond motifs is 1. The topological polar surface area (TPSA) is 53.4 Å². The lowest BCUT2D eigenvalue weighted by Gasteiger charge is -2.14. The highest BCUT2D eigenvalue weighted by molar-refractivity contribution is 7.98. The van der Waals surface area contributed by atoms with Gasteiger partial charge >= 0.3 is 0 Å². The standard InChI is InChI=1S/C24H22N2O3S/c1-3-29-20-14-10-18(11-15-20)26-23(27)21-6-4-5-7-22(21)25-24(26)30-16-17-8-12-19(28-2)13-9-17/h4-15H,3,16H2,1-2H3. The number of hydrogen-bond acceptors (Lipinski definition) is 5. The number of ether oxygens (including phenoxy) is 2. The van der Waals surface area contributed by atoms with E-state index in [1.54, 1.807) is 11.7 Å². The summed E-state index contributed by atoms with van der Waals surface area (Å²) in [5, 5.41) is 1.25. The Balaban J connectivity index is 1.74. The second kappa shape index (κ2) is 9.05. The van der Waals surface area contributed by atoms with Crippen LogP contribution in [0.3, 0.4) is 0 Å². The van der Waals surface area contributed by atoms with E-state index < -0.39 is 0 Å². The molecule has 0 N–H and O–H groups in total. The van der Waals surface area contributed by atoms with Crippen molar-refractivity contribution in [2.75, 3.05) is 13.7 Å². The zero-order chi connectivity index (χ0) is 20.9. The molecular formula is C24H22N2O3S. The van der Waals surface area contributed by atoms with E-state index in [-0.39, 0.29) is 5.56 Å². The van der Waals surface area contributed by atoms with E-state index >= 15 is 0 Å². The maximum Gasteiger partial charge on any atom is 0.266 e. The normalized spacial score (nSPS) is 10.9. The zero-order valence-corrected chi connectivity index (χ0v) is 17.7. The molecule has 0 bridgehead atoms. The lowest BCUT2D eigenvalue weighted by molar-refractivity contribution is 0.340. The zero-order valence-electron chi connectivity index (χ0n) is 16.9. The van der Waals surface area contributed by atoms with Crippen LogP contribution >= 0.6 is 11.8 Å². The molecule has 4 rings (SSSR count). The van der Waals surface area contributed by atoms with E-state index in [1.165, 1.54) is 11.8 Å². The second-order valence-electron chi connectivity index (χ2n) is 6.62. The first kappa shape index (κ1) is 20.0. The first-order valence-corrected chi connectivity index (χ1v) is 10.7. The second-order valence-corrected chi connectivity index (χ2v) is 7.56. The number of hydrogen-bond donors (Lipinski definition) is 0. The first-order chi connectivity index (χ1) is 14.7. The Bertz CT molecular complexity index is 1200. The van der Waals surface area contributed by atoms with Gasteiger partial charge in [-0.1, -0.05) is 36.0 Å². The van der Waals surface area contributed by atoms with E-state index in [0.29, 0.717) is 28.4 Å². The Kier molecular flexibility index (Phi) is 6.05. The lowest BCUT2D eigenvalue weighted by atomic mass is 10.2. The minimum absolute atomic E-state index is 0.0815. The SMILES string of the molecule is CCOc1ccc(-n2c(SCc3ccc(OC)cc3)nc3ccccc3c2=O)cc1. The van der Waals surface area contributed by atoms with Crippen molar-refractivity contribution in [3.63, 3.8) is 0 Å². The molecule has 0 fully saturated rings. The summed E-state index contributed by atoms with van der Waals surface area (Å²) in [7, 11) is 1.65. The molecule has 0 saturated carbocycles. The summed E-state index contributed by atoms with van der Waals surface area (Å²) in [4.78, 5) is 18.1. The summed E-state index contributed by atoms with van der Waals surface area (Å²) in [6, 6.07) is 22.9. The van der Waals surface area contributed by atoms with Crippen LogP contribution < -0.4 is 15.0 Å². The molecule has 0 amide bonds. The molecule has 0 spiro atoms. The van der Waals surface area contributed by atoms with E-state index in [4.69, 9.17) is 14.5 Å². The summed E-state index contributed by atoms with van der Waals surface area (Å²) in [6.07, 6.45) is 0. The lowest BCUT2D eigenvalue weighted by Crippen LogP contribution is -2.21. The summed E-state index contributed by atoms with van der Waals surface area (Å²) < 4.78 is 12.4. The van der Waals surface area contributed by atoms with Crippen molar-refractivity contribution in [2.24, 2.45) is 0 Å². The van der Waals surface area contributed by atoms with Gasteiger partial charge in [-0.2, -0.15) is 0 Å². The van der Waals surface area contributed by atoms with Gasteiger partial charge in [-0.15, -0.1) is 0 Å². The van der Waals surface area contributed by atoms with E-state index in [2.05, 4.69) is 0 Å². The van der Waals surface area contributed by atoms with Crippen molar-refractivity contribution in [3.8, 4) is 17.2 Å². The van der Waals surface area contributed by atoms with Crippen LogP contribution in [0.4, 0.5) is 0 Å². The third-order valence-electron chi connectivity index (χ3n) is 4.68. The molecule has 30 heavy (non-hydrogen) atoms. The Morgan fingerprint density at radius 2 is 1.63 bits per heavy atom. The first-order valence-electron chi connectivity index (χ1n) is 9.70. The molecule has 4 aromatic rings. The van der Waals surface area contributed by atoms with Crippen LogP contribution in [0, 0.1) is 0 Å². The maximum absolute atomic E-state index is 13.3. The van der Waals surface area contributed by atoms with E-state index in [9.17, 15) is 4.79 Å². The van der Waals surface area contributed by atoms with Crippen LogP contribution in [0.2, 0.25) is 0 Å². The average Bonchev–Trinajstić information content (AvgIpc) is 2.79. The van der Waals surface area contributed by atoms with Crippen molar-refractivity contribution in [1.29, 1.82) is 0 Å². The largest absolute Gasteiger partial charge is 0.497 e. The van der Waals surface area contributed by atoms with Crippen LogP contribution in [-0.2, 0) is 5.75 Å². The number of thioether (sulfide) groups is 1. The number of methoxy groups -OCH3 is 1. The summed E-state index contributed by atoms with van der Waals surface area (Å²) >= 11 is 1.53. The van der Waals surface area contributed by atoms with Gasteiger partial charge in [-0.05, 0) is 61.0 Å². The quantitative estimate of drug-likeness (QED) is 0.309. The van der Waals surface area contributed by atoms with Crippen molar-refractivity contribution in [1.82, 2.24) is 9.55 Å². The minimum Gasteiger partial charge on any atom is -0.497 e. The molecule has 0 atom stereocenters. The predicted molar refractivity (Wildman–Crippen MR) is 121 cm³/mol. The smallest absolute Gasteiger partial charge is 0.266 e. The summed E-state index contributed by atoms with van der Waals surface area (Å²) in [6.45, 7) is 2.54.